The summed E-state index contributed by atoms with van der Waals surface area (Å²) in [7, 11) is 0. The van der Waals surface area contributed by atoms with Crippen LogP contribution in [0.25, 0.3) is 5.57 Å². The molecule has 4 saturated carbocycles. The minimum absolute atomic E-state index is 0.0425. The Balaban J connectivity index is 1.03. The molecule has 2 aromatic rings. The maximum Gasteiger partial charge on any atom is 0.255 e. The van der Waals surface area contributed by atoms with Crippen LogP contribution < -0.4 is 26.3 Å². The van der Waals surface area contributed by atoms with E-state index in [1.165, 1.54) is 24.6 Å². The number of ether oxygens (including phenoxy) is 2. The van der Waals surface area contributed by atoms with Gasteiger partial charge in [0.15, 0.2) is 0 Å². The van der Waals surface area contributed by atoms with Crippen LogP contribution >= 0.6 is 0 Å². The first-order valence-electron chi connectivity index (χ1n) is 14.7. The van der Waals surface area contributed by atoms with Crippen LogP contribution in [0.1, 0.15) is 104 Å². The molecule has 41 heavy (non-hydrogen) atoms. The van der Waals surface area contributed by atoms with Crippen molar-refractivity contribution in [2.45, 2.75) is 94.8 Å². The molecule has 4 aliphatic carbocycles. The maximum absolute atomic E-state index is 13.2. The lowest BCUT2D eigenvalue weighted by Crippen LogP contribution is -2.58. The Labute approximate surface area is 240 Å². The first-order valence-corrected chi connectivity index (χ1v) is 14.7. The fourth-order valence-corrected chi connectivity index (χ4v) is 6.28. The number of amides is 2. The van der Waals surface area contributed by atoms with Crippen molar-refractivity contribution in [3.05, 3.63) is 59.0 Å². The molecule has 1 heterocycles. The van der Waals surface area contributed by atoms with E-state index in [1.807, 2.05) is 18.2 Å². The van der Waals surface area contributed by atoms with Gasteiger partial charge in [0.05, 0.1) is 34.2 Å². The molecule has 1 aromatic carbocycles. The van der Waals surface area contributed by atoms with Crippen LogP contribution in [0, 0.1) is 5.41 Å². The molecule has 0 saturated heterocycles. The Morgan fingerprint density at radius 1 is 1.07 bits per heavy atom. The minimum Gasteiger partial charge on any atom is -0.490 e. The van der Waals surface area contributed by atoms with Crippen LogP contribution in [0.2, 0.25) is 0 Å². The molecule has 2 amide bonds. The summed E-state index contributed by atoms with van der Waals surface area (Å²) in [6.45, 7) is 3.54. The number of benzene rings is 1. The second-order valence-electron chi connectivity index (χ2n) is 13.2. The maximum atomic E-state index is 13.2. The van der Waals surface area contributed by atoms with Crippen molar-refractivity contribution in [1.29, 1.82) is 0 Å². The molecule has 9 nitrogen and oxygen atoms in total. The number of nitrogens with one attached hydrogen (secondary N) is 1. The van der Waals surface area contributed by atoms with E-state index < -0.39 is 11.5 Å². The van der Waals surface area contributed by atoms with Gasteiger partial charge < -0.3 is 31.4 Å². The Hall–Kier alpha value is -3.59. The van der Waals surface area contributed by atoms with Gasteiger partial charge in [-0.05, 0) is 106 Å². The molecule has 218 valence electrons. The molecule has 0 aliphatic heterocycles. The second kappa shape index (κ2) is 10.4. The van der Waals surface area contributed by atoms with Crippen LogP contribution in [0.15, 0.2) is 36.5 Å². The van der Waals surface area contributed by atoms with Gasteiger partial charge in [0, 0.05) is 18.2 Å². The van der Waals surface area contributed by atoms with Crippen molar-refractivity contribution in [2.24, 2.45) is 16.9 Å². The van der Waals surface area contributed by atoms with Crippen LogP contribution in [0.4, 0.5) is 0 Å². The Kier molecular flexibility index (Phi) is 6.96. The van der Waals surface area contributed by atoms with E-state index in [0.29, 0.717) is 40.2 Å². The van der Waals surface area contributed by atoms with E-state index in [9.17, 15) is 14.7 Å². The molecule has 1 spiro atoms. The number of carbonyl (C=O) groups excluding carboxylic acids is 2. The summed E-state index contributed by atoms with van der Waals surface area (Å²) in [5.41, 5.74) is 14.0. The minimum atomic E-state index is -0.956. The number of hydrogen-bond acceptors (Lipinski definition) is 7. The number of carbonyl (C=O) groups is 2. The topological polar surface area (TPSA) is 150 Å². The standard InChI is InChI=1S/C32H40N4O5/c1-31(2,39)17-40-26-10-9-25(36-28(26)19-5-6-19)24(16-33)30(38)35-21-12-32(13-21)14-22(15-32)41-27-11-20(18-3-4-18)7-8-23(27)29(34)37/h7-11,16,18-19,21-22,39H,3-6,12-15,17,33H2,1-2H3,(H2,34,37)(H,35,38). The Morgan fingerprint density at radius 3 is 2.39 bits per heavy atom. The van der Waals surface area contributed by atoms with Crippen molar-refractivity contribution in [3.63, 3.8) is 0 Å². The fourth-order valence-electron chi connectivity index (χ4n) is 6.28. The molecule has 0 atom stereocenters. The van der Waals surface area contributed by atoms with Gasteiger partial charge in [0.25, 0.3) is 11.8 Å². The quantitative estimate of drug-likeness (QED) is 0.305. The van der Waals surface area contributed by atoms with Gasteiger partial charge in [-0.2, -0.15) is 0 Å². The van der Waals surface area contributed by atoms with Crippen LogP contribution in [0.5, 0.6) is 11.5 Å². The number of rotatable bonds is 11. The van der Waals surface area contributed by atoms with E-state index in [1.54, 1.807) is 26.0 Å². The molecule has 4 aliphatic rings. The third kappa shape index (κ3) is 6.05. The van der Waals surface area contributed by atoms with Crippen molar-refractivity contribution >= 4 is 17.4 Å². The molecule has 1 aromatic heterocycles. The van der Waals surface area contributed by atoms with Crippen LogP contribution in [0.3, 0.4) is 0 Å². The molecule has 0 unspecified atom stereocenters. The first kappa shape index (κ1) is 27.6. The number of hydrogen-bond donors (Lipinski definition) is 4. The van der Waals surface area contributed by atoms with Gasteiger partial charge in [-0.25, -0.2) is 4.98 Å². The summed E-state index contributed by atoms with van der Waals surface area (Å²) in [5.74, 6) is 1.39. The molecule has 4 fully saturated rings. The van der Waals surface area contributed by atoms with E-state index in [2.05, 4.69) is 5.32 Å². The first-order chi connectivity index (χ1) is 19.5. The average molecular weight is 561 g/mol. The summed E-state index contributed by atoms with van der Waals surface area (Å²) in [5, 5.41) is 13.2. The monoisotopic (exact) mass is 560 g/mol. The normalized spacial score (nSPS) is 25.7. The van der Waals surface area contributed by atoms with Gasteiger partial charge in [0.2, 0.25) is 0 Å². The third-order valence-electron chi connectivity index (χ3n) is 8.75. The smallest absolute Gasteiger partial charge is 0.255 e. The zero-order valence-corrected chi connectivity index (χ0v) is 23.8. The highest BCUT2D eigenvalue weighted by atomic mass is 16.5. The van der Waals surface area contributed by atoms with Crippen LogP contribution in [-0.2, 0) is 4.79 Å². The molecular weight excluding hydrogens is 520 g/mol. The predicted molar refractivity (Wildman–Crippen MR) is 154 cm³/mol. The lowest BCUT2D eigenvalue weighted by atomic mass is 9.53. The van der Waals surface area contributed by atoms with Gasteiger partial charge >= 0.3 is 0 Å². The second-order valence-corrected chi connectivity index (χ2v) is 13.2. The van der Waals surface area contributed by atoms with Crippen molar-refractivity contribution < 1.29 is 24.2 Å². The highest BCUT2D eigenvalue weighted by Crippen LogP contribution is 2.57. The van der Waals surface area contributed by atoms with Crippen molar-refractivity contribution in [1.82, 2.24) is 10.3 Å². The molecular formula is C32H40N4O5. The SMILES string of the molecule is CC(C)(O)COc1ccc(C(=CN)C(=O)NC2CC3(C2)CC(Oc2cc(C4CC4)ccc2C(N)=O)C3)nc1C1CC1. The highest BCUT2D eigenvalue weighted by molar-refractivity contribution is 6.19. The van der Waals surface area contributed by atoms with Gasteiger partial charge in [0.1, 0.15) is 18.1 Å². The summed E-state index contributed by atoms with van der Waals surface area (Å²) >= 11 is 0. The zero-order chi connectivity index (χ0) is 28.9. The van der Waals surface area contributed by atoms with Gasteiger partial charge in [-0.1, -0.05) is 6.07 Å². The van der Waals surface area contributed by atoms with E-state index >= 15 is 0 Å². The number of primary amides is 1. The summed E-state index contributed by atoms with van der Waals surface area (Å²) in [6.07, 6.45) is 9.30. The zero-order valence-electron chi connectivity index (χ0n) is 23.8. The highest BCUT2D eigenvalue weighted by Gasteiger charge is 2.54. The van der Waals surface area contributed by atoms with Crippen molar-refractivity contribution in [3.8, 4) is 11.5 Å². The lowest BCUT2D eigenvalue weighted by molar-refractivity contribution is -0.122. The van der Waals surface area contributed by atoms with Crippen molar-refractivity contribution in [2.75, 3.05) is 6.61 Å². The molecule has 6 rings (SSSR count). The molecule has 6 N–H and O–H groups in total. The predicted octanol–water partition coefficient (Wildman–Crippen LogP) is 3.89. The summed E-state index contributed by atoms with van der Waals surface area (Å²) in [4.78, 5) is 29.9. The Bertz CT molecular complexity index is 1370. The van der Waals surface area contributed by atoms with E-state index in [4.69, 9.17) is 25.9 Å². The van der Waals surface area contributed by atoms with Crippen LogP contribution in [-0.4, -0.2) is 46.3 Å². The molecule has 0 bridgehead atoms. The number of aliphatic hydroxyl groups is 1. The summed E-state index contributed by atoms with van der Waals surface area (Å²) in [6, 6.07) is 9.39. The molecule has 0 radical (unpaired) electrons. The van der Waals surface area contributed by atoms with Gasteiger partial charge in [-0.3, -0.25) is 9.59 Å². The fraction of sp³-hybridized carbons (Fsp3) is 0.531. The lowest BCUT2D eigenvalue weighted by Gasteiger charge is -2.57. The van der Waals surface area contributed by atoms with E-state index in [0.717, 1.165) is 44.2 Å². The average Bonchev–Trinajstić information content (AvgIpc) is 3.78. The Morgan fingerprint density at radius 2 is 1.78 bits per heavy atom. The summed E-state index contributed by atoms with van der Waals surface area (Å²) < 4.78 is 12.1. The van der Waals surface area contributed by atoms with Gasteiger partial charge in [-0.15, -0.1) is 0 Å². The number of aromatic nitrogens is 1. The third-order valence-corrected chi connectivity index (χ3v) is 8.75. The number of pyridine rings is 1. The number of nitrogens with two attached hydrogens (primary N) is 2. The molecule has 9 heteroatoms. The largest absolute Gasteiger partial charge is 0.490 e. The number of nitrogens with zero attached hydrogens (tertiary/aromatic N) is 1. The van der Waals surface area contributed by atoms with E-state index in [-0.39, 0.29) is 30.1 Å².